The normalized spacial score (nSPS) is 12.7. The minimum absolute atomic E-state index is 1.13. The molecule has 1 heterocycles. The molecule has 0 bridgehead atoms. The van der Waals surface area contributed by atoms with E-state index in [0.717, 1.165) is 6.54 Å². The molecule has 2 heteroatoms. The molecule has 0 radical (unpaired) electrons. The van der Waals surface area contributed by atoms with Gasteiger partial charge < -0.3 is 4.90 Å². The first-order valence-electron chi connectivity index (χ1n) is 10.5. The molecule has 1 nitrogen and oxygen atoms in total. The van der Waals surface area contributed by atoms with Crippen molar-refractivity contribution in [3.63, 3.8) is 0 Å². The molecule has 0 aliphatic carbocycles. The molecule has 26 heavy (non-hydrogen) atoms. The number of hydrogen-bond acceptors (Lipinski definition) is 2. The Balaban J connectivity index is 1.44. The molecular formula is C24H33NS. The topological polar surface area (TPSA) is 3.24 Å². The molecule has 3 rings (SSSR count). The summed E-state index contributed by atoms with van der Waals surface area (Å²) in [6, 6.07) is 17.7. The number of para-hydroxylation sites is 2. The van der Waals surface area contributed by atoms with Crippen LogP contribution in [0.1, 0.15) is 71.1 Å². The van der Waals surface area contributed by atoms with Gasteiger partial charge in [-0.15, -0.1) is 0 Å². The molecule has 0 unspecified atom stereocenters. The fourth-order valence-electron chi connectivity index (χ4n) is 3.78. The van der Waals surface area contributed by atoms with Crippen LogP contribution in [-0.2, 0) is 0 Å². The Labute approximate surface area is 164 Å². The van der Waals surface area contributed by atoms with Crippen LogP contribution >= 0.6 is 11.8 Å². The second-order valence-electron chi connectivity index (χ2n) is 7.37. The van der Waals surface area contributed by atoms with Crippen molar-refractivity contribution in [2.24, 2.45) is 0 Å². The molecule has 0 spiro atoms. The predicted octanol–water partition coefficient (Wildman–Crippen LogP) is 8.21. The van der Waals surface area contributed by atoms with Crippen molar-refractivity contribution in [2.45, 2.75) is 80.9 Å². The van der Waals surface area contributed by atoms with E-state index in [2.05, 4.69) is 60.4 Å². The van der Waals surface area contributed by atoms with Gasteiger partial charge in [-0.25, -0.2) is 0 Å². The van der Waals surface area contributed by atoms with E-state index < -0.39 is 0 Å². The summed E-state index contributed by atoms with van der Waals surface area (Å²) in [7, 11) is 0. The fraction of sp³-hybridized carbons (Fsp3) is 0.500. The monoisotopic (exact) mass is 367 g/mol. The van der Waals surface area contributed by atoms with Crippen LogP contribution in [0.4, 0.5) is 11.4 Å². The van der Waals surface area contributed by atoms with E-state index in [-0.39, 0.29) is 0 Å². The SMILES string of the molecule is CCCCCCCCCCCCN1c2ccccc2Sc2ccccc21. The number of nitrogens with zero attached hydrogens (tertiary/aromatic N) is 1. The average molecular weight is 368 g/mol. The van der Waals surface area contributed by atoms with Gasteiger partial charge in [-0.3, -0.25) is 0 Å². The van der Waals surface area contributed by atoms with E-state index in [1.54, 1.807) is 0 Å². The van der Waals surface area contributed by atoms with Crippen LogP contribution < -0.4 is 4.90 Å². The highest BCUT2D eigenvalue weighted by Crippen LogP contribution is 2.47. The standard InChI is InChI=1S/C24H33NS/c1-2-3-4-5-6-7-8-9-10-15-20-25-21-16-11-13-18-23(21)26-24-19-14-12-17-22(24)25/h11-14,16-19H,2-10,15,20H2,1H3. The van der Waals surface area contributed by atoms with Crippen LogP contribution in [0, 0.1) is 0 Å². The lowest BCUT2D eigenvalue weighted by atomic mass is 10.1. The van der Waals surface area contributed by atoms with E-state index >= 15 is 0 Å². The fourth-order valence-corrected chi connectivity index (χ4v) is 4.88. The molecule has 0 saturated heterocycles. The van der Waals surface area contributed by atoms with Gasteiger partial charge >= 0.3 is 0 Å². The third-order valence-electron chi connectivity index (χ3n) is 5.27. The third kappa shape index (κ3) is 5.30. The van der Waals surface area contributed by atoms with Gasteiger partial charge in [-0.1, -0.05) is 101 Å². The first-order chi connectivity index (χ1) is 12.9. The molecule has 0 N–H and O–H groups in total. The molecule has 0 amide bonds. The average Bonchev–Trinajstić information content (AvgIpc) is 2.68. The predicted molar refractivity (Wildman–Crippen MR) is 116 cm³/mol. The van der Waals surface area contributed by atoms with Crippen LogP contribution in [0.2, 0.25) is 0 Å². The van der Waals surface area contributed by atoms with Crippen LogP contribution in [0.3, 0.4) is 0 Å². The number of fused-ring (bicyclic) bond motifs is 2. The van der Waals surface area contributed by atoms with Crippen LogP contribution in [0.25, 0.3) is 0 Å². The maximum Gasteiger partial charge on any atom is 0.0552 e. The summed E-state index contributed by atoms with van der Waals surface area (Å²) in [5.41, 5.74) is 2.76. The lowest BCUT2D eigenvalue weighted by molar-refractivity contribution is 0.557. The minimum Gasteiger partial charge on any atom is -0.340 e. The van der Waals surface area contributed by atoms with Gasteiger partial charge in [0.05, 0.1) is 11.4 Å². The van der Waals surface area contributed by atoms with Crippen molar-refractivity contribution in [1.82, 2.24) is 0 Å². The lowest BCUT2D eigenvalue weighted by Crippen LogP contribution is -2.21. The smallest absolute Gasteiger partial charge is 0.0552 e. The van der Waals surface area contributed by atoms with E-state index in [9.17, 15) is 0 Å². The van der Waals surface area contributed by atoms with Crippen molar-refractivity contribution in [3.8, 4) is 0 Å². The van der Waals surface area contributed by atoms with Crippen molar-refractivity contribution >= 4 is 23.1 Å². The molecule has 0 fully saturated rings. The highest BCUT2D eigenvalue weighted by Gasteiger charge is 2.21. The molecule has 1 aliphatic heterocycles. The Morgan fingerprint density at radius 2 is 1.08 bits per heavy atom. The van der Waals surface area contributed by atoms with Gasteiger partial charge in [-0.2, -0.15) is 0 Å². The molecule has 1 aliphatic rings. The number of anilines is 2. The Kier molecular flexibility index (Phi) is 7.94. The summed E-state index contributed by atoms with van der Waals surface area (Å²) < 4.78 is 0. The molecule has 2 aromatic rings. The zero-order valence-corrected chi connectivity index (χ0v) is 17.1. The van der Waals surface area contributed by atoms with Gasteiger partial charge in [0.1, 0.15) is 0 Å². The Morgan fingerprint density at radius 3 is 1.62 bits per heavy atom. The minimum atomic E-state index is 1.13. The Bertz CT molecular complexity index is 621. The number of benzene rings is 2. The summed E-state index contributed by atoms with van der Waals surface area (Å²) >= 11 is 1.90. The number of unbranched alkanes of at least 4 members (excludes halogenated alkanes) is 9. The maximum absolute atomic E-state index is 2.53. The summed E-state index contributed by atoms with van der Waals surface area (Å²) in [5, 5.41) is 0. The van der Waals surface area contributed by atoms with Crippen molar-refractivity contribution in [1.29, 1.82) is 0 Å². The largest absolute Gasteiger partial charge is 0.340 e. The Hall–Kier alpha value is -1.41. The quantitative estimate of drug-likeness (QED) is 0.368. The first-order valence-corrected chi connectivity index (χ1v) is 11.3. The van der Waals surface area contributed by atoms with Gasteiger partial charge in [0, 0.05) is 16.3 Å². The summed E-state index contributed by atoms with van der Waals surface area (Å²) in [5.74, 6) is 0. The van der Waals surface area contributed by atoms with Crippen LogP contribution in [0.15, 0.2) is 58.3 Å². The molecule has 0 atom stereocenters. The second-order valence-corrected chi connectivity index (χ2v) is 8.45. The van der Waals surface area contributed by atoms with Gasteiger partial charge in [0.15, 0.2) is 0 Å². The summed E-state index contributed by atoms with van der Waals surface area (Å²) in [6.07, 6.45) is 13.9. The molecule has 140 valence electrons. The zero-order chi connectivity index (χ0) is 18.0. The molecule has 0 aromatic heterocycles. The highest BCUT2D eigenvalue weighted by atomic mass is 32.2. The molecule has 0 saturated carbocycles. The van der Waals surface area contributed by atoms with Crippen LogP contribution in [0.5, 0.6) is 0 Å². The number of rotatable bonds is 11. The zero-order valence-electron chi connectivity index (χ0n) is 16.3. The highest BCUT2D eigenvalue weighted by molar-refractivity contribution is 7.99. The maximum atomic E-state index is 2.53. The van der Waals surface area contributed by atoms with Gasteiger partial charge in [-0.05, 0) is 30.7 Å². The Morgan fingerprint density at radius 1 is 0.615 bits per heavy atom. The van der Waals surface area contributed by atoms with E-state index in [1.165, 1.54) is 85.4 Å². The van der Waals surface area contributed by atoms with E-state index in [4.69, 9.17) is 0 Å². The molecule has 2 aromatic carbocycles. The van der Waals surface area contributed by atoms with Gasteiger partial charge in [0.2, 0.25) is 0 Å². The number of hydrogen-bond donors (Lipinski definition) is 0. The third-order valence-corrected chi connectivity index (χ3v) is 6.40. The van der Waals surface area contributed by atoms with Crippen molar-refractivity contribution in [2.75, 3.05) is 11.4 Å². The van der Waals surface area contributed by atoms with Gasteiger partial charge in [0.25, 0.3) is 0 Å². The van der Waals surface area contributed by atoms with E-state index in [1.807, 2.05) is 11.8 Å². The van der Waals surface area contributed by atoms with Crippen LogP contribution in [-0.4, -0.2) is 6.54 Å². The van der Waals surface area contributed by atoms with Crippen molar-refractivity contribution in [3.05, 3.63) is 48.5 Å². The second kappa shape index (κ2) is 10.7. The van der Waals surface area contributed by atoms with Crippen molar-refractivity contribution < 1.29 is 0 Å². The first kappa shape index (κ1) is 19.4. The lowest BCUT2D eigenvalue weighted by Gasteiger charge is -2.32. The summed E-state index contributed by atoms with van der Waals surface area (Å²) in [6.45, 7) is 3.42. The summed E-state index contributed by atoms with van der Waals surface area (Å²) in [4.78, 5) is 5.31. The molecular weight excluding hydrogens is 334 g/mol. The van der Waals surface area contributed by atoms with E-state index in [0.29, 0.717) is 0 Å².